The van der Waals surface area contributed by atoms with Crippen molar-refractivity contribution in [1.82, 2.24) is 29.6 Å². The Hall–Kier alpha value is -3.29. The molecule has 1 aliphatic heterocycles. The van der Waals surface area contributed by atoms with E-state index in [2.05, 4.69) is 38.6 Å². The second-order valence-electron chi connectivity index (χ2n) is 7.49. The van der Waals surface area contributed by atoms with Crippen molar-refractivity contribution in [3.05, 3.63) is 75.5 Å². The molecule has 0 aliphatic carbocycles. The number of nitrogens with one attached hydrogen (secondary N) is 1. The minimum Gasteiger partial charge on any atom is -0.350 e. The molecule has 1 atom stereocenters. The fourth-order valence-corrected chi connectivity index (χ4v) is 3.71. The highest BCUT2D eigenvalue weighted by atomic mass is 16.2. The standard InChI is InChI=1S/C21H24N6O2/c1-14-5-6-15(2)16(10-14)13-27-21(29)26-9-3-4-18(19(26)25-27)20(28)24-12-17-11-22-7-8-23-17/h5-8,10-11,18H,3-4,9,12-13H2,1-2H3,(H,24,28). The van der Waals surface area contributed by atoms with Crippen LogP contribution in [0.1, 0.15) is 47.0 Å². The summed E-state index contributed by atoms with van der Waals surface area (Å²) >= 11 is 0. The predicted molar refractivity (Wildman–Crippen MR) is 107 cm³/mol. The maximum absolute atomic E-state index is 12.9. The number of fused-ring (bicyclic) bond motifs is 1. The van der Waals surface area contributed by atoms with Gasteiger partial charge in [0.2, 0.25) is 5.91 Å². The first-order chi connectivity index (χ1) is 14.0. The van der Waals surface area contributed by atoms with E-state index in [1.54, 1.807) is 23.2 Å². The van der Waals surface area contributed by atoms with Gasteiger partial charge in [-0.15, -0.1) is 0 Å². The largest absolute Gasteiger partial charge is 0.350 e. The SMILES string of the molecule is Cc1ccc(C)c(Cn2nc3n(c2=O)CCCC3C(=O)NCc2cnccn2)c1. The van der Waals surface area contributed by atoms with Gasteiger partial charge in [-0.05, 0) is 37.8 Å². The van der Waals surface area contributed by atoms with Crippen LogP contribution in [-0.4, -0.2) is 30.2 Å². The highest BCUT2D eigenvalue weighted by Crippen LogP contribution is 2.25. The Balaban J connectivity index is 1.56. The maximum Gasteiger partial charge on any atom is 0.346 e. The van der Waals surface area contributed by atoms with Crippen LogP contribution in [0.3, 0.4) is 0 Å². The molecule has 0 bridgehead atoms. The molecule has 0 spiro atoms. The number of carbonyl (C=O) groups excluding carboxylic acids is 1. The molecule has 0 radical (unpaired) electrons. The number of rotatable bonds is 5. The van der Waals surface area contributed by atoms with Gasteiger partial charge in [0, 0.05) is 18.9 Å². The summed E-state index contributed by atoms with van der Waals surface area (Å²) in [4.78, 5) is 33.8. The highest BCUT2D eigenvalue weighted by Gasteiger charge is 2.31. The number of carbonyl (C=O) groups is 1. The molecule has 1 unspecified atom stereocenters. The molecular weight excluding hydrogens is 368 g/mol. The van der Waals surface area contributed by atoms with Crippen molar-refractivity contribution in [2.75, 3.05) is 0 Å². The van der Waals surface area contributed by atoms with Gasteiger partial charge in [0.25, 0.3) is 0 Å². The lowest BCUT2D eigenvalue weighted by atomic mass is 9.98. The number of amides is 1. The Morgan fingerprint density at radius 1 is 1.28 bits per heavy atom. The second-order valence-corrected chi connectivity index (χ2v) is 7.49. The summed E-state index contributed by atoms with van der Waals surface area (Å²) < 4.78 is 3.12. The van der Waals surface area contributed by atoms with E-state index in [1.807, 2.05) is 13.8 Å². The van der Waals surface area contributed by atoms with Gasteiger partial charge in [-0.2, -0.15) is 5.10 Å². The normalized spacial score (nSPS) is 15.7. The van der Waals surface area contributed by atoms with Gasteiger partial charge in [-0.25, -0.2) is 9.48 Å². The van der Waals surface area contributed by atoms with E-state index >= 15 is 0 Å². The average Bonchev–Trinajstić information content (AvgIpc) is 3.05. The highest BCUT2D eigenvalue weighted by molar-refractivity contribution is 5.82. The monoisotopic (exact) mass is 392 g/mol. The Bertz CT molecular complexity index is 1090. The minimum absolute atomic E-state index is 0.138. The quantitative estimate of drug-likeness (QED) is 0.713. The summed E-state index contributed by atoms with van der Waals surface area (Å²) in [7, 11) is 0. The number of benzene rings is 1. The summed E-state index contributed by atoms with van der Waals surface area (Å²) in [5.74, 6) is -0.0309. The smallest absolute Gasteiger partial charge is 0.346 e. The van der Waals surface area contributed by atoms with E-state index < -0.39 is 5.92 Å². The topological polar surface area (TPSA) is 94.7 Å². The molecule has 2 aromatic heterocycles. The molecule has 1 aromatic carbocycles. The van der Waals surface area contributed by atoms with Crippen molar-refractivity contribution in [1.29, 1.82) is 0 Å². The fraction of sp³-hybridized carbons (Fsp3) is 0.381. The molecule has 1 N–H and O–H groups in total. The zero-order valence-corrected chi connectivity index (χ0v) is 16.6. The third-order valence-corrected chi connectivity index (χ3v) is 5.34. The van der Waals surface area contributed by atoms with E-state index in [9.17, 15) is 9.59 Å². The maximum atomic E-state index is 12.9. The summed E-state index contributed by atoms with van der Waals surface area (Å²) in [6, 6.07) is 6.18. The molecule has 0 saturated heterocycles. The number of aromatic nitrogens is 5. The van der Waals surface area contributed by atoms with Crippen LogP contribution in [0, 0.1) is 13.8 Å². The molecule has 8 nitrogen and oxygen atoms in total. The van der Waals surface area contributed by atoms with Crippen molar-refractivity contribution in [2.24, 2.45) is 0 Å². The van der Waals surface area contributed by atoms with E-state index in [-0.39, 0.29) is 11.6 Å². The van der Waals surface area contributed by atoms with Gasteiger partial charge in [0.15, 0.2) is 0 Å². The van der Waals surface area contributed by atoms with Crippen LogP contribution in [-0.2, 0) is 24.4 Å². The lowest BCUT2D eigenvalue weighted by Gasteiger charge is -2.21. The van der Waals surface area contributed by atoms with Crippen LogP contribution in [0.25, 0.3) is 0 Å². The van der Waals surface area contributed by atoms with Crippen LogP contribution in [0.15, 0.2) is 41.6 Å². The summed E-state index contributed by atoms with van der Waals surface area (Å²) in [6.07, 6.45) is 6.25. The molecule has 3 aromatic rings. The number of nitrogens with zero attached hydrogens (tertiary/aromatic N) is 5. The van der Waals surface area contributed by atoms with Gasteiger partial charge in [0.05, 0.1) is 30.9 Å². The van der Waals surface area contributed by atoms with Crippen LogP contribution < -0.4 is 11.0 Å². The summed E-state index contributed by atoms with van der Waals surface area (Å²) in [6.45, 7) is 5.35. The Kier molecular flexibility index (Phi) is 5.24. The molecule has 0 fully saturated rings. The van der Waals surface area contributed by atoms with E-state index in [0.717, 1.165) is 23.1 Å². The summed E-state index contributed by atoms with van der Waals surface area (Å²) in [5.41, 5.74) is 3.85. The third kappa shape index (κ3) is 3.96. The fourth-order valence-electron chi connectivity index (χ4n) is 3.71. The van der Waals surface area contributed by atoms with Gasteiger partial charge < -0.3 is 5.32 Å². The molecule has 0 saturated carbocycles. The van der Waals surface area contributed by atoms with Crippen molar-refractivity contribution in [3.8, 4) is 0 Å². The Labute approximate surface area is 168 Å². The molecule has 3 heterocycles. The van der Waals surface area contributed by atoms with Crippen molar-refractivity contribution in [2.45, 2.75) is 52.2 Å². The molecule has 1 amide bonds. The molecule has 8 heteroatoms. The Morgan fingerprint density at radius 3 is 2.93 bits per heavy atom. The van der Waals surface area contributed by atoms with Gasteiger partial charge in [-0.1, -0.05) is 23.8 Å². The Morgan fingerprint density at radius 2 is 2.14 bits per heavy atom. The summed E-state index contributed by atoms with van der Waals surface area (Å²) in [5, 5.41) is 7.45. The van der Waals surface area contributed by atoms with Crippen LogP contribution in [0.5, 0.6) is 0 Å². The lowest BCUT2D eigenvalue weighted by Crippen LogP contribution is -2.35. The van der Waals surface area contributed by atoms with E-state index in [0.29, 0.717) is 37.6 Å². The van der Waals surface area contributed by atoms with Gasteiger partial charge in [0.1, 0.15) is 5.82 Å². The molecule has 29 heavy (non-hydrogen) atoms. The third-order valence-electron chi connectivity index (χ3n) is 5.34. The zero-order chi connectivity index (χ0) is 20.4. The molecule has 4 rings (SSSR count). The molecule has 1 aliphatic rings. The average molecular weight is 392 g/mol. The minimum atomic E-state index is -0.437. The van der Waals surface area contributed by atoms with E-state index in [4.69, 9.17) is 0 Å². The first kappa shape index (κ1) is 19.0. The van der Waals surface area contributed by atoms with Gasteiger partial charge in [-0.3, -0.25) is 19.3 Å². The molecular formula is C21H24N6O2. The first-order valence-corrected chi connectivity index (χ1v) is 9.79. The lowest BCUT2D eigenvalue weighted by molar-refractivity contribution is -0.123. The first-order valence-electron chi connectivity index (χ1n) is 9.79. The van der Waals surface area contributed by atoms with Crippen LogP contribution >= 0.6 is 0 Å². The van der Waals surface area contributed by atoms with Crippen LogP contribution in [0.4, 0.5) is 0 Å². The van der Waals surface area contributed by atoms with Crippen molar-refractivity contribution in [3.63, 3.8) is 0 Å². The zero-order valence-electron chi connectivity index (χ0n) is 16.6. The van der Waals surface area contributed by atoms with Crippen molar-refractivity contribution >= 4 is 5.91 Å². The number of hydrogen-bond acceptors (Lipinski definition) is 5. The van der Waals surface area contributed by atoms with Crippen LogP contribution in [0.2, 0.25) is 0 Å². The van der Waals surface area contributed by atoms with Gasteiger partial charge >= 0.3 is 5.69 Å². The number of hydrogen-bond donors (Lipinski definition) is 1. The molecule has 150 valence electrons. The predicted octanol–water partition coefficient (Wildman–Crippen LogP) is 1.69. The number of aryl methyl sites for hydroxylation is 2. The van der Waals surface area contributed by atoms with Crippen molar-refractivity contribution < 1.29 is 4.79 Å². The second kappa shape index (κ2) is 7.98. The van der Waals surface area contributed by atoms with E-state index in [1.165, 1.54) is 4.68 Å².